The summed E-state index contributed by atoms with van der Waals surface area (Å²) in [5.74, 6) is 0.771. The molecule has 2 fully saturated rings. The predicted molar refractivity (Wildman–Crippen MR) is 78.1 cm³/mol. The highest BCUT2D eigenvalue weighted by atomic mass is 35.5. The molecule has 0 bridgehead atoms. The maximum Gasteiger partial charge on any atom is 0.224 e. The highest BCUT2D eigenvalue weighted by Crippen LogP contribution is 2.28. The third-order valence-corrected chi connectivity index (χ3v) is 4.60. The average Bonchev–Trinajstić information content (AvgIpc) is 2.96. The number of hydrogen-bond acceptors (Lipinski definition) is 4. The van der Waals surface area contributed by atoms with Gasteiger partial charge in [-0.2, -0.15) is 4.98 Å². The molecule has 0 radical (unpaired) electrons. The van der Waals surface area contributed by atoms with Gasteiger partial charge >= 0.3 is 0 Å². The second-order valence-corrected chi connectivity index (χ2v) is 6.02. The zero-order valence-corrected chi connectivity index (χ0v) is 12.4. The zero-order chi connectivity index (χ0) is 13.2. The van der Waals surface area contributed by atoms with Crippen LogP contribution in [0.25, 0.3) is 0 Å². The Morgan fingerprint density at radius 1 is 1.05 bits per heavy atom. The van der Waals surface area contributed by atoms with Crippen LogP contribution in [0.2, 0.25) is 10.3 Å². The Balaban J connectivity index is 1.64. The van der Waals surface area contributed by atoms with Crippen molar-refractivity contribution >= 4 is 29.0 Å². The minimum absolute atomic E-state index is 0.262. The number of aromatic nitrogens is 2. The summed E-state index contributed by atoms with van der Waals surface area (Å²) in [4.78, 5) is 13.0. The summed E-state index contributed by atoms with van der Waals surface area (Å²) in [5, 5.41) is 0.844. The van der Waals surface area contributed by atoms with Gasteiger partial charge in [-0.1, -0.05) is 24.4 Å². The molecule has 2 heterocycles. The smallest absolute Gasteiger partial charge is 0.224 e. The van der Waals surface area contributed by atoms with E-state index in [0.29, 0.717) is 5.02 Å². The fourth-order valence-corrected chi connectivity index (χ4v) is 3.47. The number of hydrogen-bond donors (Lipinski definition) is 0. The van der Waals surface area contributed by atoms with Crippen molar-refractivity contribution in [2.45, 2.75) is 31.7 Å². The number of anilines is 1. The van der Waals surface area contributed by atoms with Gasteiger partial charge < -0.3 is 4.90 Å². The number of halogens is 2. The van der Waals surface area contributed by atoms with E-state index in [9.17, 15) is 0 Å². The van der Waals surface area contributed by atoms with Gasteiger partial charge in [0.2, 0.25) is 5.28 Å². The van der Waals surface area contributed by atoms with Crippen LogP contribution >= 0.6 is 23.2 Å². The molecule has 4 nitrogen and oxygen atoms in total. The predicted octanol–water partition coefficient (Wildman–Crippen LogP) is 2.85. The largest absolute Gasteiger partial charge is 0.353 e. The van der Waals surface area contributed by atoms with Crippen molar-refractivity contribution < 1.29 is 0 Å². The lowest BCUT2D eigenvalue weighted by Crippen LogP contribution is -2.50. The molecule has 1 aliphatic heterocycles. The Labute approximate surface area is 123 Å². The van der Waals surface area contributed by atoms with Crippen LogP contribution in [0.4, 0.5) is 5.82 Å². The molecule has 0 N–H and O–H groups in total. The second kappa shape index (κ2) is 5.81. The highest BCUT2D eigenvalue weighted by Gasteiger charge is 2.27. The molecule has 2 aliphatic rings. The van der Waals surface area contributed by atoms with Crippen molar-refractivity contribution in [3.63, 3.8) is 0 Å². The van der Waals surface area contributed by atoms with E-state index in [0.717, 1.165) is 38.0 Å². The molecule has 19 heavy (non-hydrogen) atoms. The summed E-state index contributed by atoms with van der Waals surface area (Å²) in [6.45, 7) is 4.10. The van der Waals surface area contributed by atoms with E-state index >= 15 is 0 Å². The summed E-state index contributed by atoms with van der Waals surface area (Å²) >= 11 is 12.0. The van der Waals surface area contributed by atoms with Crippen LogP contribution in [0, 0.1) is 0 Å². The molecule has 1 aromatic heterocycles. The van der Waals surface area contributed by atoms with Crippen LogP contribution in [0.1, 0.15) is 25.7 Å². The van der Waals surface area contributed by atoms with Gasteiger partial charge in [-0.25, -0.2) is 4.98 Å². The summed E-state index contributed by atoms with van der Waals surface area (Å²) in [6, 6.07) is 0.798. The van der Waals surface area contributed by atoms with Gasteiger partial charge in [0.05, 0.1) is 6.20 Å². The number of piperazine rings is 1. The van der Waals surface area contributed by atoms with E-state index in [1.165, 1.54) is 25.7 Å². The van der Waals surface area contributed by atoms with Gasteiger partial charge in [0.1, 0.15) is 5.02 Å². The Bertz CT molecular complexity index is 440. The molecule has 1 aliphatic carbocycles. The van der Waals surface area contributed by atoms with Gasteiger partial charge in [0, 0.05) is 32.2 Å². The summed E-state index contributed by atoms with van der Waals surface area (Å²) in [5.41, 5.74) is 0. The molecule has 1 saturated carbocycles. The summed E-state index contributed by atoms with van der Waals surface area (Å²) < 4.78 is 0. The number of rotatable bonds is 2. The Morgan fingerprint density at radius 2 is 1.74 bits per heavy atom. The van der Waals surface area contributed by atoms with Gasteiger partial charge in [-0.15, -0.1) is 0 Å². The molecule has 6 heteroatoms. The lowest BCUT2D eigenvalue weighted by atomic mass is 10.2. The molecule has 0 unspecified atom stereocenters. The van der Waals surface area contributed by atoms with Crippen LogP contribution in [-0.2, 0) is 0 Å². The molecule has 1 aromatic rings. The third-order valence-electron chi connectivity index (χ3n) is 4.15. The van der Waals surface area contributed by atoms with Crippen LogP contribution in [0.5, 0.6) is 0 Å². The van der Waals surface area contributed by atoms with Gasteiger partial charge in [-0.05, 0) is 24.4 Å². The van der Waals surface area contributed by atoms with Crippen molar-refractivity contribution in [3.8, 4) is 0 Å². The molecule has 1 saturated heterocycles. The molecular formula is C13H18Cl2N4. The Hall–Kier alpha value is -0.580. The maximum atomic E-state index is 6.15. The Morgan fingerprint density at radius 3 is 2.42 bits per heavy atom. The first-order chi connectivity index (χ1) is 9.24. The van der Waals surface area contributed by atoms with E-state index < -0.39 is 0 Å². The first-order valence-corrected chi connectivity index (χ1v) is 7.66. The molecule has 0 aromatic carbocycles. The van der Waals surface area contributed by atoms with Crippen LogP contribution in [0.15, 0.2) is 6.20 Å². The third kappa shape index (κ3) is 2.96. The van der Waals surface area contributed by atoms with E-state index in [4.69, 9.17) is 23.2 Å². The van der Waals surface area contributed by atoms with E-state index in [1.807, 2.05) is 0 Å². The quantitative estimate of drug-likeness (QED) is 0.786. The molecule has 0 amide bonds. The van der Waals surface area contributed by atoms with Crippen LogP contribution in [-0.4, -0.2) is 47.1 Å². The van der Waals surface area contributed by atoms with E-state index in [1.54, 1.807) is 6.20 Å². The normalized spacial score (nSPS) is 22.1. The SMILES string of the molecule is Clc1ncc(Cl)c(N2CCN(C3CCCC3)CC2)n1. The van der Waals surface area contributed by atoms with Crippen LogP contribution < -0.4 is 4.90 Å². The van der Waals surface area contributed by atoms with Crippen molar-refractivity contribution in [2.24, 2.45) is 0 Å². The molecule has 0 spiro atoms. The van der Waals surface area contributed by atoms with Gasteiger partial charge in [-0.3, -0.25) is 4.90 Å². The fraction of sp³-hybridized carbons (Fsp3) is 0.692. The van der Waals surface area contributed by atoms with Gasteiger partial charge in [0.15, 0.2) is 5.82 Å². The minimum atomic E-state index is 0.262. The monoisotopic (exact) mass is 300 g/mol. The van der Waals surface area contributed by atoms with E-state index in [2.05, 4.69) is 19.8 Å². The van der Waals surface area contributed by atoms with Crippen LogP contribution in [0.3, 0.4) is 0 Å². The first kappa shape index (κ1) is 13.4. The molecule has 104 valence electrons. The minimum Gasteiger partial charge on any atom is -0.353 e. The van der Waals surface area contributed by atoms with Crippen molar-refractivity contribution in [1.82, 2.24) is 14.9 Å². The molecule has 0 atom stereocenters. The highest BCUT2D eigenvalue weighted by molar-refractivity contribution is 6.33. The summed E-state index contributed by atoms with van der Waals surface area (Å²) in [7, 11) is 0. The van der Waals surface area contributed by atoms with Crippen molar-refractivity contribution in [3.05, 3.63) is 16.5 Å². The zero-order valence-electron chi connectivity index (χ0n) is 10.9. The summed E-state index contributed by atoms with van der Waals surface area (Å²) in [6.07, 6.45) is 7.08. The second-order valence-electron chi connectivity index (χ2n) is 5.27. The molecule has 3 rings (SSSR count). The van der Waals surface area contributed by atoms with Crippen molar-refractivity contribution in [2.75, 3.05) is 31.1 Å². The van der Waals surface area contributed by atoms with Crippen molar-refractivity contribution in [1.29, 1.82) is 0 Å². The maximum absolute atomic E-state index is 6.15. The topological polar surface area (TPSA) is 32.3 Å². The lowest BCUT2D eigenvalue weighted by molar-refractivity contribution is 0.187. The first-order valence-electron chi connectivity index (χ1n) is 6.91. The molecular weight excluding hydrogens is 283 g/mol. The fourth-order valence-electron chi connectivity index (χ4n) is 3.13. The average molecular weight is 301 g/mol. The number of nitrogens with zero attached hydrogens (tertiary/aromatic N) is 4. The standard InChI is InChI=1S/C13H18Cl2N4/c14-11-9-16-13(15)17-12(11)19-7-5-18(6-8-19)10-3-1-2-4-10/h9-10H,1-8H2. The van der Waals surface area contributed by atoms with Gasteiger partial charge in [0.25, 0.3) is 0 Å². The lowest BCUT2D eigenvalue weighted by Gasteiger charge is -2.38. The Kier molecular flexibility index (Phi) is 4.10. The van der Waals surface area contributed by atoms with E-state index in [-0.39, 0.29) is 5.28 Å².